The van der Waals surface area contributed by atoms with Gasteiger partial charge in [-0.05, 0) is 24.7 Å². The monoisotopic (exact) mass is 226 g/mol. The number of hydrogen-bond donors (Lipinski definition) is 1. The molecule has 3 nitrogen and oxygen atoms in total. The highest BCUT2D eigenvalue weighted by atomic mass is 16.5. The maximum absolute atomic E-state index is 5.39. The molecule has 2 rings (SSSR count). The third-order valence-electron chi connectivity index (χ3n) is 3.94. The maximum atomic E-state index is 5.39. The lowest BCUT2D eigenvalue weighted by atomic mass is 9.91. The van der Waals surface area contributed by atoms with Gasteiger partial charge in [0.25, 0.3) is 0 Å². The van der Waals surface area contributed by atoms with E-state index >= 15 is 0 Å². The molecule has 2 aliphatic rings. The second kappa shape index (κ2) is 5.48. The zero-order valence-electron chi connectivity index (χ0n) is 10.9. The van der Waals surface area contributed by atoms with Crippen LogP contribution < -0.4 is 5.32 Å². The molecule has 2 saturated heterocycles. The van der Waals surface area contributed by atoms with Crippen molar-refractivity contribution < 1.29 is 4.74 Å². The van der Waals surface area contributed by atoms with Gasteiger partial charge in [-0.2, -0.15) is 0 Å². The van der Waals surface area contributed by atoms with Gasteiger partial charge in [0.05, 0.1) is 6.10 Å². The smallest absolute Gasteiger partial charge is 0.0711 e. The Kier molecular flexibility index (Phi) is 4.22. The van der Waals surface area contributed by atoms with Gasteiger partial charge in [-0.1, -0.05) is 13.8 Å². The summed E-state index contributed by atoms with van der Waals surface area (Å²) in [6.07, 6.45) is 3.01. The van der Waals surface area contributed by atoms with Gasteiger partial charge in [-0.25, -0.2) is 0 Å². The molecular weight excluding hydrogens is 200 g/mol. The number of methoxy groups -OCH3 is 1. The van der Waals surface area contributed by atoms with Crippen LogP contribution in [0.25, 0.3) is 0 Å². The Hall–Kier alpha value is -0.120. The minimum absolute atomic E-state index is 0.435. The molecule has 3 heteroatoms. The van der Waals surface area contributed by atoms with Crippen LogP contribution in [-0.2, 0) is 4.74 Å². The van der Waals surface area contributed by atoms with Crippen LogP contribution in [0, 0.1) is 11.8 Å². The fourth-order valence-electron chi connectivity index (χ4n) is 3.35. The van der Waals surface area contributed by atoms with Crippen LogP contribution in [0.15, 0.2) is 0 Å². The molecule has 94 valence electrons. The van der Waals surface area contributed by atoms with Crippen molar-refractivity contribution in [2.45, 2.75) is 38.8 Å². The predicted molar refractivity (Wildman–Crippen MR) is 66.6 cm³/mol. The molecule has 4 atom stereocenters. The van der Waals surface area contributed by atoms with Gasteiger partial charge >= 0.3 is 0 Å². The molecule has 0 aromatic carbocycles. The van der Waals surface area contributed by atoms with E-state index in [1.165, 1.54) is 32.5 Å². The van der Waals surface area contributed by atoms with E-state index in [1.807, 2.05) is 7.11 Å². The number of rotatable bonds is 3. The molecule has 0 aliphatic carbocycles. The molecule has 2 unspecified atom stereocenters. The van der Waals surface area contributed by atoms with Crippen LogP contribution in [0.5, 0.6) is 0 Å². The van der Waals surface area contributed by atoms with Crippen LogP contribution in [0.3, 0.4) is 0 Å². The normalized spacial score (nSPS) is 41.4. The molecule has 0 amide bonds. The van der Waals surface area contributed by atoms with Gasteiger partial charge in [0.2, 0.25) is 0 Å². The lowest BCUT2D eigenvalue weighted by Crippen LogP contribution is -2.44. The lowest BCUT2D eigenvalue weighted by Gasteiger charge is -2.36. The standard InChI is InChI=1S/C13H26N2O/c1-10-4-11(2)8-15(7-10)9-12-5-13(16-3)6-14-12/h10-14H,4-9H2,1-3H3/t10?,11?,12-,13-/m0/s1. The summed E-state index contributed by atoms with van der Waals surface area (Å²) in [7, 11) is 1.82. The summed E-state index contributed by atoms with van der Waals surface area (Å²) in [5, 5.41) is 3.57. The number of likely N-dealkylation sites (tertiary alicyclic amines) is 1. The molecule has 2 fully saturated rings. The first-order valence-electron chi connectivity index (χ1n) is 6.66. The second-order valence-corrected chi connectivity index (χ2v) is 5.86. The van der Waals surface area contributed by atoms with E-state index in [0.29, 0.717) is 12.1 Å². The third-order valence-corrected chi connectivity index (χ3v) is 3.94. The van der Waals surface area contributed by atoms with Gasteiger partial charge in [0.15, 0.2) is 0 Å². The summed E-state index contributed by atoms with van der Waals surface area (Å²) in [4.78, 5) is 2.63. The molecule has 0 aromatic heterocycles. The minimum Gasteiger partial charge on any atom is -0.380 e. The van der Waals surface area contributed by atoms with Gasteiger partial charge < -0.3 is 15.0 Å². The number of piperidine rings is 1. The van der Waals surface area contributed by atoms with E-state index in [1.54, 1.807) is 0 Å². The molecule has 16 heavy (non-hydrogen) atoms. The summed E-state index contributed by atoms with van der Waals surface area (Å²) in [6.45, 7) is 9.54. The van der Waals surface area contributed by atoms with E-state index in [4.69, 9.17) is 4.74 Å². The van der Waals surface area contributed by atoms with Crippen molar-refractivity contribution in [2.24, 2.45) is 11.8 Å². The Labute approximate surface area is 99.5 Å². The van der Waals surface area contributed by atoms with E-state index in [2.05, 4.69) is 24.1 Å². The Morgan fingerprint density at radius 3 is 2.44 bits per heavy atom. The third kappa shape index (κ3) is 3.19. The van der Waals surface area contributed by atoms with Crippen LogP contribution in [0.1, 0.15) is 26.7 Å². The van der Waals surface area contributed by atoms with Crippen molar-refractivity contribution in [2.75, 3.05) is 33.3 Å². The van der Waals surface area contributed by atoms with Crippen molar-refractivity contribution in [1.82, 2.24) is 10.2 Å². The average Bonchev–Trinajstić information content (AvgIpc) is 2.64. The fourth-order valence-corrected chi connectivity index (χ4v) is 3.35. The molecule has 1 N–H and O–H groups in total. The fraction of sp³-hybridized carbons (Fsp3) is 1.00. The Bertz CT molecular complexity index is 212. The summed E-state index contributed by atoms with van der Waals surface area (Å²) < 4.78 is 5.39. The van der Waals surface area contributed by atoms with E-state index in [0.717, 1.165) is 18.4 Å². The average molecular weight is 226 g/mol. The highest BCUT2D eigenvalue weighted by molar-refractivity contribution is 4.86. The first kappa shape index (κ1) is 12.3. The first-order valence-corrected chi connectivity index (χ1v) is 6.66. The molecule has 0 radical (unpaired) electrons. The molecule has 0 bridgehead atoms. The van der Waals surface area contributed by atoms with E-state index in [-0.39, 0.29) is 0 Å². The minimum atomic E-state index is 0.435. The highest BCUT2D eigenvalue weighted by Gasteiger charge is 2.28. The number of nitrogens with one attached hydrogen (secondary N) is 1. The first-order chi connectivity index (χ1) is 7.67. The molecular formula is C13H26N2O. The lowest BCUT2D eigenvalue weighted by molar-refractivity contribution is 0.108. The second-order valence-electron chi connectivity index (χ2n) is 5.86. The van der Waals surface area contributed by atoms with Crippen LogP contribution in [0.4, 0.5) is 0 Å². The zero-order valence-corrected chi connectivity index (χ0v) is 10.9. The van der Waals surface area contributed by atoms with E-state index < -0.39 is 0 Å². The zero-order chi connectivity index (χ0) is 11.5. The van der Waals surface area contributed by atoms with Gasteiger partial charge in [0, 0.05) is 39.3 Å². The predicted octanol–water partition coefficient (Wildman–Crippen LogP) is 1.34. The number of hydrogen-bond acceptors (Lipinski definition) is 3. The Morgan fingerprint density at radius 1 is 1.19 bits per heavy atom. The summed E-state index contributed by atoms with van der Waals surface area (Å²) in [6, 6.07) is 0.641. The molecule has 0 saturated carbocycles. The molecule has 0 spiro atoms. The van der Waals surface area contributed by atoms with Crippen molar-refractivity contribution in [3.05, 3.63) is 0 Å². The SMILES string of the molecule is CO[C@@H]1CN[C@H](CN2CC(C)CC(C)C2)C1. The summed E-state index contributed by atoms with van der Waals surface area (Å²) >= 11 is 0. The van der Waals surface area contributed by atoms with Gasteiger partial charge in [-0.3, -0.25) is 0 Å². The van der Waals surface area contributed by atoms with Crippen LogP contribution in [-0.4, -0.2) is 50.3 Å². The number of ether oxygens (including phenoxy) is 1. The van der Waals surface area contributed by atoms with Gasteiger partial charge in [-0.15, -0.1) is 0 Å². The van der Waals surface area contributed by atoms with Crippen molar-refractivity contribution in [1.29, 1.82) is 0 Å². The summed E-state index contributed by atoms with van der Waals surface area (Å²) in [5.41, 5.74) is 0. The van der Waals surface area contributed by atoms with Crippen molar-refractivity contribution in [3.8, 4) is 0 Å². The number of nitrogens with zero attached hydrogens (tertiary/aromatic N) is 1. The quantitative estimate of drug-likeness (QED) is 0.786. The highest BCUT2D eigenvalue weighted by Crippen LogP contribution is 2.22. The molecule has 2 heterocycles. The molecule has 2 aliphatic heterocycles. The maximum Gasteiger partial charge on any atom is 0.0711 e. The van der Waals surface area contributed by atoms with Crippen LogP contribution >= 0.6 is 0 Å². The van der Waals surface area contributed by atoms with Crippen LogP contribution in [0.2, 0.25) is 0 Å². The topological polar surface area (TPSA) is 24.5 Å². The van der Waals surface area contributed by atoms with Gasteiger partial charge in [0.1, 0.15) is 0 Å². The Morgan fingerprint density at radius 2 is 1.88 bits per heavy atom. The van der Waals surface area contributed by atoms with E-state index in [9.17, 15) is 0 Å². The van der Waals surface area contributed by atoms with Crippen molar-refractivity contribution in [3.63, 3.8) is 0 Å². The van der Waals surface area contributed by atoms with Crippen molar-refractivity contribution >= 4 is 0 Å². The Balaban J connectivity index is 1.77. The largest absolute Gasteiger partial charge is 0.380 e. The summed E-state index contributed by atoms with van der Waals surface area (Å²) in [5.74, 6) is 1.73. The molecule has 0 aromatic rings.